The molecular formula is C24H37NO5. The van der Waals surface area contributed by atoms with E-state index in [0.717, 1.165) is 38.5 Å². The van der Waals surface area contributed by atoms with Crippen LogP contribution in [0, 0.1) is 28.6 Å². The quantitative estimate of drug-likeness (QED) is 0.236. The van der Waals surface area contributed by atoms with Crippen molar-refractivity contribution in [2.75, 3.05) is 7.11 Å². The maximum Gasteiger partial charge on any atom is 0.302 e. The molecule has 0 saturated heterocycles. The number of nitrogens with zero attached hydrogens (tertiary/aromatic N) is 1. The van der Waals surface area contributed by atoms with Gasteiger partial charge >= 0.3 is 5.97 Å². The highest BCUT2D eigenvalue weighted by Gasteiger charge is 2.69. The summed E-state index contributed by atoms with van der Waals surface area (Å²) in [5.74, 6) is 1.15. The largest absolute Gasteiger partial charge is 0.462 e. The number of rotatable bonds is 3. The lowest BCUT2D eigenvalue weighted by Gasteiger charge is -2.59. The van der Waals surface area contributed by atoms with Crippen LogP contribution in [0.4, 0.5) is 0 Å². The fraction of sp³-hybridized carbons (Fsp3) is 0.833. The van der Waals surface area contributed by atoms with Crippen molar-refractivity contribution in [3.05, 3.63) is 11.6 Å². The van der Waals surface area contributed by atoms with Crippen LogP contribution in [0.2, 0.25) is 0 Å². The van der Waals surface area contributed by atoms with Crippen LogP contribution in [0.25, 0.3) is 0 Å². The molecule has 6 heteroatoms. The highest BCUT2D eigenvalue weighted by atomic mass is 16.5. The molecule has 0 amide bonds. The third-order valence-electron chi connectivity index (χ3n) is 9.59. The summed E-state index contributed by atoms with van der Waals surface area (Å²) in [6.07, 6.45) is 8.20. The van der Waals surface area contributed by atoms with E-state index in [0.29, 0.717) is 29.9 Å². The summed E-state index contributed by atoms with van der Waals surface area (Å²) in [5.41, 5.74) is 0.852. The van der Waals surface area contributed by atoms with E-state index < -0.39 is 11.7 Å². The molecule has 0 bridgehead atoms. The number of fused-ring (bicyclic) bond motifs is 5. The summed E-state index contributed by atoms with van der Waals surface area (Å²) in [6.45, 7) is 7.88. The van der Waals surface area contributed by atoms with Gasteiger partial charge in [-0.25, -0.2) is 0 Å². The predicted octanol–water partition coefficient (Wildman–Crippen LogP) is 4.09. The molecule has 0 aliphatic heterocycles. The molecule has 6 nitrogen and oxygen atoms in total. The third kappa shape index (κ3) is 2.75. The van der Waals surface area contributed by atoms with Gasteiger partial charge in [0.25, 0.3) is 0 Å². The first kappa shape index (κ1) is 21.8. The summed E-state index contributed by atoms with van der Waals surface area (Å²) in [4.78, 5) is 11.4. The van der Waals surface area contributed by atoms with Crippen molar-refractivity contribution in [1.82, 2.24) is 0 Å². The molecule has 0 aromatic heterocycles. The van der Waals surface area contributed by atoms with Gasteiger partial charge in [-0.15, -0.1) is 0 Å². The van der Waals surface area contributed by atoms with Gasteiger partial charge in [-0.1, -0.05) is 30.7 Å². The number of hydrogen-bond acceptors (Lipinski definition) is 6. The maximum atomic E-state index is 11.4. The number of oxime groups is 1. The molecule has 2 N–H and O–H groups in total. The molecule has 0 unspecified atom stereocenters. The van der Waals surface area contributed by atoms with Crippen molar-refractivity contribution in [1.29, 1.82) is 0 Å². The monoisotopic (exact) mass is 419 g/mol. The Kier molecular flexibility index (Phi) is 5.33. The molecule has 4 aliphatic rings. The molecule has 3 fully saturated rings. The van der Waals surface area contributed by atoms with Gasteiger partial charge in [-0.2, -0.15) is 0 Å². The third-order valence-corrected chi connectivity index (χ3v) is 9.59. The van der Waals surface area contributed by atoms with Crippen molar-refractivity contribution in [2.45, 2.75) is 90.4 Å². The lowest BCUT2D eigenvalue weighted by atomic mass is 9.46. The maximum absolute atomic E-state index is 11.4. The number of carbonyl (C=O) groups is 1. The fourth-order valence-corrected chi connectivity index (χ4v) is 8.21. The highest BCUT2D eigenvalue weighted by molar-refractivity contribution is 5.92. The number of methoxy groups -OCH3 is 1. The average molecular weight is 420 g/mol. The molecular weight excluding hydrogens is 382 g/mol. The van der Waals surface area contributed by atoms with E-state index in [2.05, 4.69) is 25.1 Å². The van der Waals surface area contributed by atoms with Gasteiger partial charge in [-0.3, -0.25) is 4.79 Å². The van der Waals surface area contributed by atoms with Crippen molar-refractivity contribution in [2.24, 2.45) is 33.7 Å². The lowest BCUT2D eigenvalue weighted by molar-refractivity contribution is -0.149. The van der Waals surface area contributed by atoms with Crippen LogP contribution in [-0.2, 0) is 14.3 Å². The summed E-state index contributed by atoms with van der Waals surface area (Å²) >= 11 is 0. The van der Waals surface area contributed by atoms with Gasteiger partial charge in [0.05, 0.1) is 11.8 Å². The Balaban J connectivity index is 1.66. The lowest BCUT2D eigenvalue weighted by Crippen LogP contribution is -2.60. The van der Waals surface area contributed by atoms with Crippen molar-refractivity contribution < 1.29 is 24.6 Å². The number of ether oxygens (including phenoxy) is 2. The van der Waals surface area contributed by atoms with E-state index >= 15 is 0 Å². The molecule has 0 aromatic rings. The second-order valence-electron chi connectivity index (χ2n) is 10.6. The highest BCUT2D eigenvalue weighted by Crippen LogP contribution is 2.68. The second kappa shape index (κ2) is 7.33. The summed E-state index contributed by atoms with van der Waals surface area (Å²) in [5, 5.41) is 24.2. The first-order valence-corrected chi connectivity index (χ1v) is 11.4. The Morgan fingerprint density at radius 1 is 1.20 bits per heavy atom. The molecule has 0 heterocycles. The molecule has 0 aromatic carbocycles. The molecule has 3 saturated carbocycles. The smallest absolute Gasteiger partial charge is 0.302 e. The normalized spacial score (nSPS) is 48.3. The van der Waals surface area contributed by atoms with Crippen molar-refractivity contribution in [3.63, 3.8) is 0 Å². The first-order chi connectivity index (χ1) is 14.1. The number of carbonyl (C=O) groups excluding carboxylic acids is 1. The van der Waals surface area contributed by atoms with Crippen LogP contribution >= 0.6 is 0 Å². The zero-order valence-electron chi connectivity index (χ0n) is 19.0. The zero-order valence-corrected chi connectivity index (χ0v) is 19.0. The minimum atomic E-state index is -0.935. The van der Waals surface area contributed by atoms with E-state index in [9.17, 15) is 15.1 Å². The Bertz CT molecular complexity index is 778. The van der Waals surface area contributed by atoms with Gasteiger partial charge < -0.3 is 19.8 Å². The van der Waals surface area contributed by atoms with Crippen LogP contribution in [0.5, 0.6) is 0 Å². The minimum absolute atomic E-state index is 0.00471. The van der Waals surface area contributed by atoms with Crippen LogP contribution in [0.1, 0.15) is 72.6 Å². The summed E-state index contributed by atoms with van der Waals surface area (Å²) < 4.78 is 11.5. The first-order valence-electron chi connectivity index (χ1n) is 11.4. The van der Waals surface area contributed by atoms with E-state index in [4.69, 9.17) is 9.47 Å². The standard InChI is InChI=1S/C24H37NO5/c1-14(25-28)24(29-5)21(27)13-20-18-7-6-16-12-17(30-15(2)26)8-10-22(16,3)19(18)9-11-23(20,24)4/h6,17-21,27-28H,7-13H2,1-5H3/b25-14+/t17-,18-,19+,20-,21+,22-,23-,24+/m0/s1. The number of aliphatic hydroxyl groups is 1. The Morgan fingerprint density at radius 3 is 2.57 bits per heavy atom. The number of aliphatic hydroxyl groups excluding tert-OH is 1. The van der Waals surface area contributed by atoms with Gasteiger partial charge in [0, 0.05) is 25.9 Å². The van der Waals surface area contributed by atoms with Crippen molar-refractivity contribution in [3.8, 4) is 0 Å². The molecule has 0 spiro atoms. The molecule has 0 radical (unpaired) electrons. The Labute approximate surface area is 179 Å². The number of allylic oxidation sites excluding steroid dienone is 1. The molecule has 4 rings (SSSR count). The topological polar surface area (TPSA) is 88.3 Å². The minimum Gasteiger partial charge on any atom is -0.462 e. The Hall–Kier alpha value is -1.40. The van der Waals surface area contributed by atoms with Gasteiger partial charge in [0.1, 0.15) is 11.7 Å². The average Bonchev–Trinajstić information content (AvgIpc) is 2.94. The number of esters is 1. The molecule has 168 valence electrons. The van der Waals surface area contributed by atoms with Crippen LogP contribution in [0.3, 0.4) is 0 Å². The zero-order chi connectivity index (χ0) is 21.9. The van der Waals surface area contributed by atoms with Gasteiger partial charge in [0.2, 0.25) is 0 Å². The Morgan fingerprint density at radius 2 is 1.93 bits per heavy atom. The number of hydrogen-bond donors (Lipinski definition) is 2. The van der Waals surface area contributed by atoms with Crippen LogP contribution in [-0.4, -0.2) is 46.9 Å². The van der Waals surface area contributed by atoms with E-state index in [1.165, 1.54) is 12.5 Å². The van der Waals surface area contributed by atoms with E-state index in [-0.39, 0.29) is 22.9 Å². The predicted molar refractivity (Wildman–Crippen MR) is 113 cm³/mol. The summed E-state index contributed by atoms with van der Waals surface area (Å²) in [7, 11) is 1.63. The van der Waals surface area contributed by atoms with Crippen molar-refractivity contribution >= 4 is 11.7 Å². The van der Waals surface area contributed by atoms with Crippen LogP contribution in [0.15, 0.2) is 16.8 Å². The summed E-state index contributed by atoms with van der Waals surface area (Å²) in [6, 6.07) is 0. The van der Waals surface area contributed by atoms with Gasteiger partial charge in [0.15, 0.2) is 0 Å². The van der Waals surface area contributed by atoms with E-state index in [1.54, 1.807) is 14.0 Å². The molecule has 8 atom stereocenters. The van der Waals surface area contributed by atoms with E-state index in [1.807, 2.05) is 0 Å². The van der Waals surface area contributed by atoms with Crippen LogP contribution < -0.4 is 0 Å². The SMILES string of the molecule is CO[C@]1(/C(C)=N/O)[C@H](O)C[C@H]2[C@H]3CC=C4C[C@@H](OC(C)=O)CC[C@]4(C)[C@@H]3CC[C@@]21C. The second-order valence-corrected chi connectivity index (χ2v) is 10.6. The molecule has 30 heavy (non-hydrogen) atoms. The molecule has 4 aliphatic carbocycles. The fourth-order valence-electron chi connectivity index (χ4n) is 8.21. The van der Waals surface area contributed by atoms with Gasteiger partial charge in [-0.05, 0) is 68.6 Å².